The van der Waals surface area contributed by atoms with E-state index in [1.54, 1.807) is 0 Å². The zero-order valence-corrected chi connectivity index (χ0v) is 14.5. The van der Waals surface area contributed by atoms with Crippen molar-refractivity contribution in [2.45, 2.75) is 13.3 Å². The number of aryl methyl sites for hydroxylation is 2. The van der Waals surface area contributed by atoms with Crippen LogP contribution in [0.25, 0.3) is 16.7 Å². The van der Waals surface area contributed by atoms with Gasteiger partial charge in [0.15, 0.2) is 0 Å². The number of nitrogens with zero attached hydrogens (tertiary/aromatic N) is 2. The molecule has 0 amide bonds. The normalized spacial score (nSPS) is 11.2. The Labute approximate surface area is 141 Å². The van der Waals surface area contributed by atoms with Crippen molar-refractivity contribution in [2.75, 3.05) is 5.88 Å². The molecule has 0 saturated heterocycles. The maximum atomic E-state index is 6.16. The third-order valence-electron chi connectivity index (χ3n) is 3.42. The molecule has 2 nitrogen and oxygen atoms in total. The standard InChI is InChI=1S/C16H13BrCl2N2/c1-10-2-3-11(17)8-14(10)21-15-9-12(19)4-5-13(15)20-16(21)6-7-18/h2-5,8-9H,6-7H2,1H3. The molecule has 0 fully saturated rings. The van der Waals surface area contributed by atoms with Crippen molar-refractivity contribution < 1.29 is 0 Å². The van der Waals surface area contributed by atoms with Crippen molar-refractivity contribution in [3.63, 3.8) is 0 Å². The van der Waals surface area contributed by atoms with E-state index in [-0.39, 0.29) is 0 Å². The molecule has 1 aromatic heterocycles. The van der Waals surface area contributed by atoms with Gasteiger partial charge in [-0.25, -0.2) is 4.98 Å². The molecule has 108 valence electrons. The van der Waals surface area contributed by atoms with E-state index in [2.05, 4.69) is 39.6 Å². The Kier molecular flexibility index (Phi) is 4.25. The maximum Gasteiger partial charge on any atom is 0.115 e. The summed E-state index contributed by atoms with van der Waals surface area (Å²) in [6, 6.07) is 12.0. The van der Waals surface area contributed by atoms with Crippen LogP contribution in [0.15, 0.2) is 40.9 Å². The van der Waals surface area contributed by atoms with Gasteiger partial charge in [0.25, 0.3) is 0 Å². The predicted molar refractivity (Wildman–Crippen MR) is 92.9 cm³/mol. The lowest BCUT2D eigenvalue weighted by Crippen LogP contribution is -2.04. The van der Waals surface area contributed by atoms with E-state index >= 15 is 0 Å². The van der Waals surface area contributed by atoms with Gasteiger partial charge in [0.2, 0.25) is 0 Å². The zero-order chi connectivity index (χ0) is 15.0. The third kappa shape index (κ3) is 2.83. The molecule has 0 saturated carbocycles. The zero-order valence-electron chi connectivity index (χ0n) is 11.4. The molecule has 1 heterocycles. The van der Waals surface area contributed by atoms with Gasteiger partial charge in [-0.05, 0) is 42.8 Å². The molecule has 0 N–H and O–H groups in total. The fraction of sp³-hybridized carbons (Fsp3) is 0.188. The number of hydrogen-bond acceptors (Lipinski definition) is 1. The fourth-order valence-electron chi connectivity index (χ4n) is 2.44. The van der Waals surface area contributed by atoms with Crippen LogP contribution in [-0.2, 0) is 6.42 Å². The number of fused-ring (bicyclic) bond motifs is 1. The Morgan fingerprint density at radius 1 is 1.19 bits per heavy atom. The molecule has 0 radical (unpaired) electrons. The smallest absolute Gasteiger partial charge is 0.115 e. The molecule has 0 aliphatic rings. The molecule has 3 rings (SSSR count). The van der Waals surface area contributed by atoms with Crippen LogP contribution in [0.5, 0.6) is 0 Å². The summed E-state index contributed by atoms with van der Waals surface area (Å²) >= 11 is 15.6. The molecule has 2 aromatic carbocycles. The molecule has 3 aromatic rings. The quantitative estimate of drug-likeness (QED) is 0.543. The van der Waals surface area contributed by atoms with Gasteiger partial charge in [-0.3, -0.25) is 4.57 Å². The number of aromatic nitrogens is 2. The monoisotopic (exact) mass is 382 g/mol. The highest BCUT2D eigenvalue weighted by molar-refractivity contribution is 9.10. The molecular formula is C16H13BrCl2N2. The number of alkyl halides is 1. The summed E-state index contributed by atoms with van der Waals surface area (Å²) in [5.74, 6) is 1.48. The minimum absolute atomic E-state index is 0.532. The van der Waals surface area contributed by atoms with Crippen LogP contribution in [0.1, 0.15) is 11.4 Å². The first kappa shape index (κ1) is 14.9. The van der Waals surface area contributed by atoms with Crippen molar-refractivity contribution in [3.05, 3.63) is 57.3 Å². The predicted octanol–water partition coefficient (Wildman–Crippen LogP) is 5.53. The van der Waals surface area contributed by atoms with E-state index in [0.717, 1.165) is 27.0 Å². The highest BCUT2D eigenvalue weighted by Crippen LogP contribution is 2.28. The van der Waals surface area contributed by atoms with Crippen LogP contribution in [0.2, 0.25) is 5.02 Å². The maximum absolute atomic E-state index is 6.16. The van der Waals surface area contributed by atoms with E-state index in [9.17, 15) is 0 Å². The average molecular weight is 384 g/mol. The SMILES string of the molecule is Cc1ccc(Br)cc1-n1c(CCCl)nc2ccc(Cl)cc21. The average Bonchev–Trinajstić information content (AvgIpc) is 2.79. The molecule has 0 bridgehead atoms. The van der Waals surface area contributed by atoms with E-state index in [1.165, 1.54) is 5.56 Å². The van der Waals surface area contributed by atoms with Gasteiger partial charge in [-0.1, -0.05) is 33.6 Å². The highest BCUT2D eigenvalue weighted by Gasteiger charge is 2.14. The van der Waals surface area contributed by atoms with E-state index < -0.39 is 0 Å². The summed E-state index contributed by atoms with van der Waals surface area (Å²) in [5.41, 5.74) is 4.20. The van der Waals surface area contributed by atoms with Crippen molar-refractivity contribution in [1.82, 2.24) is 9.55 Å². The molecule has 0 unspecified atom stereocenters. The van der Waals surface area contributed by atoms with Gasteiger partial charge in [-0.15, -0.1) is 11.6 Å². The second-order valence-electron chi connectivity index (χ2n) is 4.87. The fourth-order valence-corrected chi connectivity index (χ4v) is 3.13. The first-order valence-electron chi connectivity index (χ1n) is 6.59. The minimum atomic E-state index is 0.532. The van der Waals surface area contributed by atoms with Gasteiger partial charge in [-0.2, -0.15) is 0 Å². The van der Waals surface area contributed by atoms with E-state index in [1.807, 2.05) is 24.3 Å². The van der Waals surface area contributed by atoms with Gasteiger partial charge in [0.05, 0.1) is 16.7 Å². The minimum Gasteiger partial charge on any atom is -0.296 e. The lowest BCUT2D eigenvalue weighted by molar-refractivity contribution is 0.906. The summed E-state index contributed by atoms with van der Waals surface area (Å²) in [5, 5.41) is 0.703. The first-order valence-corrected chi connectivity index (χ1v) is 8.30. The summed E-state index contributed by atoms with van der Waals surface area (Å²) in [7, 11) is 0. The second kappa shape index (κ2) is 5.99. The van der Waals surface area contributed by atoms with Crippen LogP contribution in [-0.4, -0.2) is 15.4 Å². The first-order chi connectivity index (χ1) is 10.1. The number of imidazole rings is 1. The Morgan fingerprint density at radius 2 is 2.00 bits per heavy atom. The van der Waals surface area contributed by atoms with Crippen LogP contribution in [0, 0.1) is 6.92 Å². The van der Waals surface area contributed by atoms with Crippen molar-refractivity contribution in [1.29, 1.82) is 0 Å². The van der Waals surface area contributed by atoms with Crippen molar-refractivity contribution >= 4 is 50.2 Å². The Morgan fingerprint density at radius 3 is 2.76 bits per heavy atom. The number of halogens is 3. The molecule has 5 heteroatoms. The second-order valence-corrected chi connectivity index (χ2v) is 6.60. The molecule has 21 heavy (non-hydrogen) atoms. The largest absolute Gasteiger partial charge is 0.296 e. The van der Waals surface area contributed by atoms with Crippen LogP contribution in [0.4, 0.5) is 0 Å². The highest BCUT2D eigenvalue weighted by atomic mass is 79.9. The number of benzene rings is 2. The molecule has 0 aliphatic heterocycles. The van der Waals surface area contributed by atoms with Gasteiger partial charge in [0, 0.05) is 21.8 Å². The topological polar surface area (TPSA) is 17.8 Å². The van der Waals surface area contributed by atoms with Gasteiger partial charge >= 0.3 is 0 Å². The van der Waals surface area contributed by atoms with Crippen molar-refractivity contribution in [2.24, 2.45) is 0 Å². The number of rotatable bonds is 3. The molecular weight excluding hydrogens is 371 g/mol. The summed E-state index contributed by atoms with van der Waals surface area (Å²) < 4.78 is 3.17. The lowest BCUT2D eigenvalue weighted by atomic mass is 10.2. The summed E-state index contributed by atoms with van der Waals surface area (Å²) in [4.78, 5) is 4.70. The van der Waals surface area contributed by atoms with Crippen LogP contribution < -0.4 is 0 Å². The van der Waals surface area contributed by atoms with E-state index in [0.29, 0.717) is 17.3 Å². The molecule has 0 atom stereocenters. The van der Waals surface area contributed by atoms with Crippen LogP contribution in [0.3, 0.4) is 0 Å². The molecule has 0 aliphatic carbocycles. The van der Waals surface area contributed by atoms with Gasteiger partial charge < -0.3 is 0 Å². The Bertz CT molecular complexity index is 811. The lowest BCUT2D eigenvalue weighted by Gasteiger charge is -2.12. The third-order valence-corrected chi connectivity index (χ3v) is 4.33. The summed E-state index contributed by atoms with van der Waals surface area (Å²) in [6.07, 6.45) is 0.708. The number of hydrogen-bond donors (Lipinski definition) is 0. The van der Waals surface area contributed by atoms with Crippen molar-refractivity contribution in [3.8, 4) is 5.69 Å². The molecule has 0 spiro atoms. The summed E-state index contributed by atoms with van der Waals surface area (Å²) in [6.45, 7) is 2.09. The Balaban J connectivity index is 2.35. The Hall–Kier alpha value is -1.03. The van der Waals surface area contributed by atoms with Gasteiger partial charge in [0.1, 0.15) is 5.82 Å². The van der Waals surface area contributed by atoms with Crippen LogP contribution >= 0.6 is 39.1 Å². The van der Waals surface area contributed by atoms with E-state index in [4.69, 9.17) is 28.2 Å².